The molecule has 6 heteroatoms. The van der Waals surface area contributed by atoms with E-state index in [1.54, 1.807) is 13.1 Å². The number of ether oxygens (including phenoxy) is 1. The molecule has 19 heavy (non-hydrogen) atoms. The average Bonchev–Trinajstić information content (AvgIpc) is 2.42. The molecule has 0 amide bonds. The Kier molecular flexibility index (Phi) is 5.75. The van der Waals surface area contributed by atoms with Crippen LogP contribution in [0.5, 0.6) is 5.75 Å². The molecule has 0 aromatic heterocycles. The monoisotopic (exact) mass is 269 g/mol. The van der Waals surface area contributed by atoms with E-state index >= 15 is 0 Å². The van der Waals surface area contributed by atoms with Crippen molar-refractivity contribution in [2.24, 2.45) is 0 Å². The van der Waals surface area contributed by atoms with Crippen LogP contribution >= 0.6 is 0 Å². The van der Waals surface area contributed by atoms with Gasteiger partial charge in [0.1, 0.15) is 17.4 Å². The summed E-state index contributed by atoms with van der Waals surface area (Å²) in [5.41, 5.74) is 0.228. The highest BCUT2D eigenvalue weighted by Gasteiger charge is 2.24. The fraction of sp³-hybridized carbons (Fsp3) is 0.462. The summed E-state index contributed by atoms with van der Waals surface area (Å²) in [7, 11) is 3.07. The molecule has 0 spiro atoms. The Morgan fingerprint density at radius 1 is 1.42 bits per heavy atom. The molecule has 0 saturated heterocycles. The molecule has 0 aliphatic carbocycles. The highest BCUT2D eigenvalue weighted by Crippen LogP contribution is 2.31. The summed E-state index contributed by atoms with van der Waals surface area (Å²) in [4.78, 5) is 11.1. The third-order valence-electron chi connectivity index (χ3n) is 2.85. The first kappa shape index (κ1) is 15.4. The lowest BCUT2D eigenvalue weighted by molar-refractivity contribution is 0.0126. The van der Waals surface area contributed by atoms with Crippen molar-refractivity contribution in [3.05, 3.63) is 29.3 Å². The summed E-state index contributed by atoms with van der Waals surface area (Å²) in [6.45, 7) is 0.541. The molecular formula is C13H19NO5. The van der Waals surface area contributed by atoms with Crippen molar-refractivity contribution in [2.45, 2.75) is 18.6 Å². The number of methoxy groups -OCH3 is 1. The van der Waals surface area contributed by atoms with Gasteiger partial charge in [0.2, 0.25) is 0 Å². The number of nitrogens with one attached hydrogen (secondary N) is 1. The largest absolute Gasteiger partial charge is 0.495 e. The van der Waals surface area contributed by atoms with Crippen LogP contribution in [0.1, 0.15) is 28.4 Å². The summed E-state index contributed by atoms with van der Waals surface area (Å²) in [5.74, 6) is -1.07. The maximum absolute atomic E-state index is 11.1. The van der Waals surface area contributed by atoms with E-state index in [0.29, 0.717) is 13.0 Å². The predicted molar refractivity (Wildman–Crippen MR) is 69.5 cm³/mol. The number of aliphatic hydroxyl groups is 2. The van der Waals surface area contributed by atoms with Gasteiger partial charge in [0.25, 0.3) is 0 Å². The Hall–Kier alpha value is -1.63. The smallest absolute Gasteiger partial charge is 0.339 e. The Balaban J connectivity index is 3.05. The first-order chi connectivity index (χ1) is 9.02. The number of benzene rings is 1. The Morgan fingerprint density at radius 3 is 2.63 bits per heavy atom. The van der Waals surface area contributed by atoms with Crippen molar-refractivity contribution in [2.75, 3.05) is 20.7 Å². The second-order valence-electron chi connectivity index (χ2n) is 4.14. The maximum atomic E-state index is 11.1. The predicted octanol–water partition coefficient (Wildman–Crippen LogP) is 0.397. The van der Waals surface area contributed by atoms with Crippen LogP contribution in [0.25, 0.3) is 0 Å². The third kappa shape index (κ3) is 3.66. The van der Waals surface area contributed by atoms with Gasteiger partial charge in [0, 0.05) is 5.56 Å². The second-order valence-corrected chi connectivity index (χ2v) is 4.14. The van der Waals surface area contributed by atoms with Crippen LogP contribution in [0.2, 0.25) is 0 Å². The van der Waals surface area contributed by atoms with Gasteiger partial charge in [-0.25, -0.2) is 4.79 Å². The van der Waals surface area contributed by atoms with Crippen molar-refractivity contribution >= 4 is 5.97 Å². The Morgan fingerprint density at radius 2 is 2.11 bits per heavy atom. The van der Waals surface area contributed by atoms with Crippen molar-refractivity contribution in [3.63, 3.8) is 0 Å². The van der Waals surface area contributed by atoms with Crippen LogP contribution in [0, 0.1) is 0 Å². The molecule has 0 aliphatic heterocycles. The van der Waals surface area contributed by atoms with E-state index in [2.05, 4.69) is 5.32 Å². The summed E-state index contributed by atoms with van der Waals surface area (Å²) in [5, 5.41) is 31.9. The Labute approximate surface area is 111 Å². The molecule has 1 aromatic carbocycles. The normalized spacial score (nSPS) is 13.9. The quantitative estimate of drug-likeness (QED) is 0.572. The zero-order valence-corrected chi connectivity index (χ0v) is 11.0. The van der Waals surface area contributed by atoms with Gasteiger partial charge in [0.05, 0.1) is 13.2 Å². The topological polar surface area (TPSA) is 99.0 Å². The van der Waals surface area contributed by atoms with Gasteiger partial charge in [0.15, 0.2) is 0 Å². The molecule has 0 radical (unpaired) electrons. The zero-order chi connectivity index (χ0) is 14.4. The van der Waals surface area contributed by atoms with Crippen molar-refractivity contribution in [1.82, 2.24) is 5.32 Å². The fourth-order valence-electron chi connectivity index (χ4n) is 1.84. The van der Waals surface area contributed by atoms with E-state index < -0.39 is 18.2 Å². The van der Waals surface area contributed by atoms with Gasteiger partial charge in [-0.1, -0.05) is 12.1 Å². The standard InChI is InChI=1S/C13H19NO5/c1-14-7-6-10(15)11(16)8-4-3-5-9(13(17)18)12(8)19-2/h3-5,10-11,14-16H,6-7H2,1-2H3,(H,17,18). The molecule has 4 N–H and O–H groups in total. The number of para-hydroxylation sites is 1. The molecule has 1 aromatic rings. The number of aromatic carboxylic acids is 1. The molecule has 2 unspecified atom stereocenters. The van der Waals surface area contributed by atoms with Gasteiger partial charge >= 0.3 is 5.97 Å². The number of carbonyl (C=O) groups is 1. The van der Waals surface area contributed by atoms with E-state index in [-0.39, 0.29) is 16.9 Å². The van der Waals surface area contributed by atoms with Crippen molar-refractivity contribution < 1.29 is 24.9 Å². The molecule has 106 valence electrons. The lowest BCUT2D eigenvalue weighted by atomic mass is 9.98. The van der Waals surface area contributed by atoms with Crippen molar-refractivity contribution in [3.8, 4) is 5.75 Å². The fourth-order valence-corrected chi connectivity index (χ4v) is 1.84. The first-order valence-corrected chi connectivity index (χ1v) is 5.93. The van der Waals surface area contributed by atoms with Crippen LogP contribution in [-0.2, 0) is 0 Å². The van der Waals surface area contributed by atoms with Gasteiger partial charge in [-0.15, -0.1) is 0 Å². The van der Waals surface area contributed by atoms with Gasteiger partial charge in [-0.3, -0.25) is 0 Å². The SMILES string of the molecule is CNCCC(O)C(O)c1cccc(C(=O)O)c1OC. The molecule has 2 atom stereocenters. The molecule has 0 saturated carbocycles. The average molecular weight is 269 g/mol. The number of hydrogen-bond acceptors (Lipinski definition) is 5. The lowest BCUT2D eigenvalue weighted by Crippen LogP contribution is -2.24. The molecule has 0 heterocycles. The van der Waals surface area contributed by atoms with E-state index in [0.717, 1.165) is 0 Å². The molecule has 0 fully saturated rings. The van der Waals surface area contributed by atoms with Gasteiger partial charge in [-0.05, 0) is 26.1 Å². The number of rotatable bonds is 7. The number of aliphatic hydroxyl groups excluding tert-OH is 2. The minimum absolute atomic E-state index is 0.0418. The number of carboxylic acids is 1. The summed E-state index contributed by atoms with van der Waals surface area (Å²) < 4.78 is 5.05. The number of carboxylic acid groups (broad SMARTS) is 1. The number of hydrogen-bond donors (Lipinski definition) is 4. The second kappa shape index (κ2) is 7.08. The summed E-state index contributed by atoms with van der Waals surface area (Å²) in [6.07, 6.45) is -1.84. The molecule has 0 bridgehead atoms. The zero-order valence-electron chi connectivity index (χ0n) is 11.0. The third-order valence-corrected chi connectivity index (χ3v) is 2.85. The minimum Gasteiger partial charge on any atom is -0.495 e. The van der Waals surface area contributed by atoms with Crippen LogP contribution < -0.4 is 10.1 Å². The highest BCUT2D eigenvalue weighted by atomic mass is 16.5. The first-order valence-electron chi connectivity index (χ1n) is 5.93. The van der Waals surface area contributed by atoms with Gasteiger partial charge < -0.3 is 25.4 Å². The molecule has 6 nitrogen and oxygen atoms in total. The van der Waals surface area contributed by atoms with E-state index in [9.17, 15) is 15.0 Å². The molecular weight excluding hydrogens is 250 g/mol. The summed E-state index contributed by atoms with van der Waals surface area (Å²) >= 11 is 0. The van der Waals surface area contributed by atoms with E-state index in [1.807, 2.05) is 0 Å². The molecule has 1 rings (SSSR count). The van der Waals surface area contributed by atoms with Crippen LogP contribution in [0.3, 0.4) is 0 Å². The maximum Gasteiger partial charge on any atom is 0.339 e. The van der Waals surface area contributed by atoms with Gasteiger partial charge in [-0.2, -0.15) is 0 Å². The van der Waals surface area contributed by atoms with Crippen molar-refractivity contribution in [1.29, 1.82) is 0 Å². The van der Waals surface area contributed by atoms with Crippen LogP contribution in [0.15, 0.2) is 18.2 Å². The van der Waals surface area contributed by atoms with E-state index in [4.69, 9.17) is 9.84 Å². The lowest BCUT2D eigenvalue weighted by Gasteiger charge is -2.21. The highest BCUT2D eigenvalue weighted by molar-refractivity contribution is 5.91. The minimum atomic E-state index is -1.19. The van der Waals surface area contributed by atoms with Crippen LogP contribution in [-0.4, -0.2) is 48.1 Å². The van der Waals surface area contributed by atoms with Crippen LogP contribution in [0.4, 0.5) is 0 Å². The molecule has 0 aliphatic rings. The Bertz CT molecular complexity index is 435. The summed E-state index contributed by atoms with van der Waals surface area (Å²) in [6, 6.07) is 4.44. The van der Waals surface area contributed by atoms with E-state index in [1.165, 1.54) is 19.2 Å².